The van der Waals surface area contributed by atoms with E-state index in [-0.39, 0.29) is 5.41 Å². The lowest BCUT2D eigenvalue weighted by Crippen LogP contribution is -2.18. The number of pyridine rings is 2. The smallest absolute Gasteiger partial charge is 0.148 e. The Morgan fingerprint density at radius 1 is 0.882 bits per heavy atom. The second-order valence-electron chi connectivity index (χ2n) is 10.4. The van der Waals surface area contributed by atoms with E-state index in [9.17, 15) is 0 Å². The molecule has 5 rings (SSSR count). The largest absolute Gasteiger partial charge is 0.455 e. The molecule has 34 heavy (non-hydrogen) atoms. The molecule has 0 atom stereocenters. The molecule has 0 unspecified atom stereocenters. The number of rotatable bonds is 5. The Bertz CT molecular complexity index is 1490. The second kappa shape index (κ2) is 8.39. The minimum Gasteiger partial charge on any atom is -0.455 e. The van der Waals surface area contributed by atoms with Gasteiger partial charge in [0.1, 0.15) is 11.2 Å². The van der Waals surface area contributed by atoms with Gasteiger partial charge in [-0.1, -0.05) is 70.2 Å². The second-order valence-corrected chi connectivity index (χ2v) is 10.4. The van der Waals surface area contributed by atoms with Crippen molar-refractivity contribution in [3.05, 3.63) is 94.9 Å². The van der Waals surface area contributed by atoms with Crippen LogP contribution in [0.4, 0.5) is 0 Å². The molecule has 0 spiro atoms. The van der Waals surface area contributed by atoms with E-state index in [0.29, 0.717) is 5.92 Å². The van der Waals surface area contributed by atoms with Crippen molar-refractivity contribution in [2.24, 2.45) is 5.92 Å². The number of benzene rings is 2. The van der Waals surface area contributed by atoms with Gasteiger partial charge in [0.15, 0.2) is 0 Å². The Hall–Kier alpha value is -3.46. The van der Waals surface area contributed by atoms with E-state index in [0.717, 1.165) is 45.3 Å². The lowest BCUT2D eigenvalue weighted by atomic mass is 9.78. The van der Waals surface area contributed by atoms with Crippen molar-refractivity contribution < 1.29 is 4.42 Å². The molecule has 0 N–H and O–H groups in total. The van der Waals surface area contributed by atoms with Crippen molar-refractivity contribution in [3.63, 3.8) is 0 Å². The van der Waals surface area contributed by atoms with Crippen LogP contribution in [0.3, 0.4) is 0 Å². The lowest BCUT2D eigenvalue weighted by Gasteiger charge is -2.26. The van der Waals surface area contributed by atoms with Crippen molar-refractivity contribution in [2.75, 3.05) is 0 Å². The van der Waals surface area contributed by atoms with Crippen LogP contribution in [-0.2, 0) is 11.8 Å². The molecule has 3 aromatic heterocycles. The highest BCUT2D eigenvalue weighted by molar-refractivity contribution is 6.10. The van der Waals surface area contributed by atoms with Gasteiger partial charge in [0.25, 0.3) is 0 Å². The van der Waals surface area contributed by atoms with Crippen LogP contribution >= 0.6 is 0 Å². The average molecular weight is 449 g/mol. The molecule has 2 aromatic carbocycles. The topological polar surface area (TPSA) is 38.9 Å². The Morgan fingerprint density at radius 2 is 1.65 bits per heavy atom. The molecule has 0 aliphatic heterocycles. The molecule has 0 saturated carbocycles. The summed E-state index contributed by atoms with van der Waals surface area (Å²) in [5, 5.41) is 2.17. The fraction of sp³-hybridized carbons (Fsp3) is 0.290. The molecule has 3 heterocycles. The summed E-state index contributed by atoms with van der Waals surface area (Å²) in [6, 6.07) is 19.4. The first kappa shape index (κ1) is 22.3. The molecule has 3 nitrogen and oxygen atoms in total. The van der Waals surface area contributed by atoms with E-state index in [4.69, 9.17) is 14.4 Å². The van der Waals surface area contributed by atoms with Crippen molar-refractivity contribution in [1.82, 2.24) is 9.97 Å². The molecule has 5 aromatic rings. The maximum Gasteiger partial charge on any atom is 0.148 e. The highest BCUT2D eigenvalue weighted by Gasteiger charge is 2.25. The zero-order chi connectivity index (χ0) is 24.0. The van der Waals surface area contributed by atoms with Crippen LogP contribution < -0.4 is 0 Å². The minimum absolute atomic E-state index is 0.130. The lowest BCUT2D eigenvalue weighted by molar-refractivity contribution is 0.633. The van der Waals surface area contributed by atoms with E-state index in [1.165, 1.54) is 22.3 Å². The Kier molecular flexibility index (Phi) is 5.51. The highest BCUT2D eigenvalue weighted by atomic mass is 16.3. The first-order valence-corrected chi connectivity index (χ1v) is 12.1. The van der Waals surface area contributed by atoms with Crippen LogP contribution in [-0.4, -0.2) is 9.97 Å². The monoisotopic (exact) mass is 448 g/mol. The van der Waals surface area contributed by atoms with Crippen molar-refractivity contribution >= 4 is 21.9 Å². The highest BCUT2D eigenvalue weighted by Crippen LogP contribution is 2.39. The Balaban J connectivity index is 1.68. The molecular weight excluding hydrogens is 416 g/mol. The number of fused-ring (bicyclic) bond motifs is 3. The summed E-state index contributed by atoms with van der Waals surface area (Å²) in [4.78, 5) is 9.50. The standard InChI is InChI=1S/C31H32N2O/c1-19(2)14-22-15-27(33-17-20(22)3)26-18-32-21(4)29-25-13-12-24(16-28(25)34-30(26)29)31(5,6)23-10-8-7-9-11-23/h7-13,15-19H,14H2,1-6H3. The zero-order valence-corrected chi connectivity index (χ0v) is 20.9. The van der Waals surface area contributed by atoms with Gasteiger partial charge in [0, 0.05) is 28.9 Å². The average Bonchev–Trinajstić information content (AvgIpc) is 3.21. The number of hydrogen-bond donors (Lipinski definition) is 0. The van der Waals surface area contributed by atoms with Crippen LogP contribution in [0.15, 0.2) is 71.4 Å². The van der Waals surface area contributed by atoms with Gasteiger partial charge < -0.3 is 4.42 Å². The van der Waals surface area contributed by atoms with Gasteiger partial charge in [-0.15, -0.1) is 0 Å². The summed E-state index contributed by atoms with van der Waals surface area (Å²) >= 11 is 0. The van der Waals surface area contributed by atoms with Crippen LogP contribution in [0.25, 0.3) is 33.2 Å². The van der Waals surface area contributed by atoms with Crippen LogP contribution in [0.1, 0.15) is 55.6 Å². The van der Waals surface area contributed by atoms with Gasteiger partial charge in [-0.2, -0.15) is 0 Å². The molecule has 0 fully saturated rings. The van der Waals surface area contributed by atoms with E-state index in [1.807, 2.05) is 12.4 Å². The Morgan fingerprint density at radius 3 is 2.38 bits per heavy atom. The third-order valence-corrected chi connectivity index (χ3v) is 7.02. The molecule has 172 valence electrons. The zero-order valence-electron chi connectivity index (χ0n) is 20.9. The van der Waals surface area contributed by atoms with Crippen LogP contribution in [0, 0.1) is 19.8 Å². The Labute approximate surface area is 201 Å². The van der Waals surface area contributed by atoms with E-state index < -0.39 is 0 Å². The summed E-state index contributed by atoms with van der Waals surface area (Å²) in [5.41, 5.74) is 9.54. The normalized spacial score (nSPS) is 12.2. The van der Waals surface area contributed by atoms with Gasteiger partial charge in [0.2, 0.25) is 0 Å². The predicted octanol–water partition coefficient (Wildman–Crippen LogP) is 8.18. The van der Waals surface area contributed by atoms with Gasteiger partial charge in [-0.25, -0.2) is 0 Å². The minimum atomic E-state index is -0.130. The third-order valence-electron chi connectivity index (χ3n) is 7.02. The number of nitrogens with zero attached hydrogens (tertiary/aromatic N) is 2. The van der Waals surface area contributed by atoms with Crippen molar-refractivity contribution in [1.29, 1.82) is 0 Å². The number of aryl methyl sites for hydroxylation is 2. The number of aromatic nitrogens is 2. The first-order chi connectivity index (χ1) is 16.3. The van der Waals surface area contributed by atoms with E-state index in [1.54, 1.807) is 0 Å². The molecule has 3 heteroatoms. The fourth-order valence-corrected chi connectivity index (χ4v) is 4.90. The van der Waals surface area contributed by atoms with Gasteiger partial charge in [-0.05, 0) is 60.6 Å². The number of furan rings is 1. The van der Waals surface area contributed by atoms with Gasteiger partial charge in [0.05, 0.1) is 16.6 Å². The third kappa shape index (κ3) is 3.79. The molecule has 0 amide bonds. The summed E-state index contributed by atoms with van der Waals surface area (Å²) in [6.07, 6.45) is 4.91. The SMILES string of the molecule is Cc1cnc(-c2cnc(C)c3c2oc2cc(C(C)(C)c4ccccc4)ccc23)cc1CC(C)C. The van der Waals surface area contributed by atoms with Crippen molar-refractivity contribution in [2.45, 2.75) is 53.4 Å². The summed E-state index contributed by atoms with van der Waals surface area (Å²) < 4.78 is 6.56. The summed E-state index contributed by atoms with van der Waals surface area (Å²) in [6.45, 7) is 13.2. The van der Waals surface area contributed by atoms with Crippen LogP contribution in [0.5, 0.6) is 0 Å². The molecule has 0 aliphatic rings. The first-order valence-electron chi connectivity index (χ1n) is 12.1. The molecule has 0 aliphatic carbocycles. The molecule has 0 bridgehead atoms. The number of hydrogen-bond acceptors (Lipinski definition) is 3. The van der Waals surface area contributed by atoms with E-state index >= 15 is 0 Å². The van der Waals surface area contributed by atoms with Crippen molar-refractivity contribution in [3.8, 4) is 11.3 Å². The predicted molar refractivity (Wildman–Crippen MR) is 141 cm³/mol. The quantitative estimate of drug-likeness (QED) is 0.272. The molecular formula is C31H32N2O. The maximum absolute atomic E-state index is 6.56. The molecule has 0 radical (unpaired) electrons. The fourth-order valence-electron chi connectivity index (χ4n) is 4.90. The summed E-state index contributed by atoms with van der Waals surface area (Å²) in [7, 11) is 0. The summed E-state index contributed by atoms with van der Waals surface area (Å²) in [5.74, 6) is 0.586. The molecule has 0 saturated heterocycles. The van der Waals surface area contributed by atoms with Gasteiger partial charge in [-0.3, -0.25) is 9.97 Å². The van der Waals surface area contributed by atoms with Crippen LogP contribution in [0.2, 0.25) is 0 Å². The van der Waals surface area contributed by atoms with Gasteiger partial charge >= 0.3 is 0 Å². The maximum atomic E-state index is 6.56. The van der Waals surface area contributed by atoms with E-state index in [2.05, 4.69) is 96.1 Å².